The first-order chi connectivity index (χ1) is 7.63. The Morgan fingerprint density at radius 1 is 1.38 bits per heavy atom. The number of benzene rings is 1. The quantitative estimate of drug-likeness (QED) is 0.585. The highest BCUT2D eigenvalue weighted by molar-refractivity contribution is 6.41. The minimum atomic E-state index is -0.799. The fourth-order valence-electron chi connectivity index (χ4n) is 1.35. The summed E-state index contributed by atoms with van der Waals surface area (Å²) < 4.78 is 0. The van der Waals surface area contributed by atoms with E-state index in [-0.39, 0.29) is 0 Å². The van der Waals surface area contributed by atoms with Gasteiger partial charge in [-0.2, -0.15) is 0 Å². The molecule has 1 rings (SSSR count). The van der Waals surface area contributed by atoms with Gasteiger partial charge < -0.3 is 10.8 Å². The molecule has 0 aliphatic heterocycles. The first-order valence-corrected chi connectivity index (χ1v) is 5.14. The number of hydrogen-bond donors (Lipinski definition) is 2. The number of nitrogens with zero attached hydrogens (tertiary/aromatic N) is 2. The van der Waals surface area contributed by atoms with Crippen molar-refractivity contribution in [3.05, 3.63) is 35.9 Å². The van der Waals surface area contributed by atoms with E-state index in [4.69, 9.17) is 10.8 Å². The van der Waals surface area contributed by atoms with Crippen LogP contribution in [-0.4, -0.2) is 29.9 Å². The van der Waals surface area contributed by atoms with Crippen molar-refractivity contribution in [3.63, 3.8) is 0 Å². The molecule has 1 unspecified atom stereocenters. The van der Waals surface area contributed by atoms with Gasteiger partial charge in [-0.25, -0.2) is 4.99 Å². The molecule has 0 heterocycles. The maximum Gasteiger partial charge on any atom is 0.144 e. The highest BCUT2D eigenvalue weighted by atomic mass is 16.3. The molecule has 16 heavy (non-hydrogen) atoms. The van der Waals surface area contributed by atoms with Crippen molar-refractivity contribution in [3.8, 4) is 0 Å². The predicted molar refractivity (Wildman–Crippen MR) is 66.8 cm³/mol. The zero-order chi connectivity index (χ0) is 12.0. The lowest BCUT2D eigenvalue weighted by Crippen LogP contribution is -2.27. The van der Waals surface area contributed by atoms with Gasteiger partial charge in [0.2, 0.25) is 0 Å². The summed E-state index contributed by atoms with van der Waals surface area (Å²) in [7, 11) is 1.67. The fraction of sp³-hybridized carbons (Fsp3) is 0.333. The Morgan fingerprint density at radius 3 is 2.50 bits per heavy atom. The largest absolute Gasteiger partial charge is 0.382 e. The second-order valence-electron chi connectivity index (χ2n) is 3.48. The van der Waals surface area contributed by atoms with Crippen LogP contribution in [0.2, 0.25) is 0 Å². The molecule has 3 N–H and O–H groups in total. The molecule has 0 fully saturated rings. The third-order valence-electron chi connectivity index (χ3n) is 2.11. The summed E-state index contributed by atoms with van der Waals surface area (Å²) in [5, 5.41) is 9.11. The lowest BCUT2D eigenvalue weighted by Gasteiger charge is -2.06. The van der Waals surface area contributed by atoms with E-state index in [0.29, 0.717) is 18.0 Å². The van der Waals surface area contributed by atoms with E-state index in [1.54, 1.807) is 14.0 Å². The zero-order valence-electron chi connectivity index (χ0n) is 9.59. The number of aliphatic imine (C=N–C) groups is 2. The molecule has 1 aromatic rings. The van der Waals surface area contributed by atoms with Crippen molar-refractivity contribution in [2.45, 2.75) is 19.6 Å². The minimum Gasteiger partial charge on any atom is -0.382 e. The van der Waals surface area contributed by atoms with E-state index in [1.807, 2.05) is 30.3 Å². The van der Waals surface area contributed by atoms with Gasteiger partial charge in [-0.15, -0.1) is 0 Å². The van der Waals surface area contributed by atoms with Crippen LogP contribution in [0.4, 0.5) is 0 Å². The summed E-state index contributed by atoms with van der Waals surface area (Å²) in [6.45, 7) is 1.56. The number of rotatable bonds is 4. The van der Waals surface area contributed by atoms with Gasteiger partial charge in [0.25, 0.3) is 0 Å². The van der Waals surface area contributed by atoms with Gasteiger partial charge in [0.05, 0.1) is 5.71 Å². The zero-order valence-corrected chi connectivity index (χ0v) is 9.59. The van der Waals surface area contributed by atoms with Crippen LogP contribution >= 0.6 is 0 Å². The van der Waals surface area contributed by atoms with Crippen LogP contribution in [0.15, 0.2) is 40.3 Å². The molecule has 0 saturated carbocycles. The van der Waals surface area contributed by atoms with Crippen LogP contribution in [0.1, 0.15) is 12.5 Å². The highest BCUT2D eigenvalue weighted by Gasteiger charge is 2.06. The third kappa shape index (κ3) is 3.82. The van der Waals surface area contributed by atoms with Crippen molar-refractivity contribution < 1.29 is 5.11 Å². The van der Waals surface area contributed by atoms with Crippen LogP contribution in [0.5, 0.6) is 0 Å². The summed E-state index contributed by atoms with van der Waals surface area (Å²) in [4.78, 5) is 7.95. The van der Waals surface area contributed by atoms with Gasteiger partial charge in [-0.05, 0) is 12.5 Å². The maximum absolute atomic E-state index is 9.11. The Kier molecular flexibility index (Phi) is 4.66. The first kappa shape index (κ1) is 12.4. The van der Waals surface area contributed by atoms with E-state index < -0.39 is 6.23 Å². The smallest absolute Gasteiger partial charge is 0.144 e. The molecule has 0 aliphatic carbocycles. The molecule has 1 atom stereocenters. The predicted octanol–water partition coefficient (Wildman–Crippen LogP) is 0.995. The van der Waals surface area contributed by atoms with E-state index in [1.165, 1.54) is 0 Å². The topological polar surface area (TPSA) is 71.0 Å². The molecule has 0 bridgehead atoms. The lowest BCUT2D eigenvalue weighted by molar-refractivity contribution is 0.205. The van der Waals surface area contributed by atoms with Crippen molar-refractivity contribution in [2.24, 2.45) is 15.7 Å². The molecular formula is C12H17N3O. The summed E-state index contributed by atoms with van der Waals surface area (Å²) in [5.41, 5.74) is 7.54. The second kappa shape index (κ2) is 6.02. The average molecular weight is 219 g/mol. The molecule has 0 aromatic heterocycles. The molecule has 0 amide bonds. The fourth-order valence-corrected chi connectivity index (χ4v) is 1.35. The monoisotopic (exact) mass is 219 g/mol. The summed E-state index contributed by atoms with van der Waals surface area (Å²) in [5.74, 6) is 0.293. The molecule has 86 valence electrons. The Balaban J connectivity index is 2.79. The minimum absolute atomic E-state index is 0.293. The molecular weight excluding hydrogens is 202 g/mol. The Labute approximate surface area is 95.5 Å². The van der Waals surface area contributed by atoms with Gasteiger partial charge in [0.1, 0.15) is 12.1 Å². The molecule has 0 radical (unpaired) electrons. The van der Waals surface area contributed by atoms with Crippen molar-refractivity contribution in [1.29, 1.82) is 0 Å². The molecule has 4 heteroatoms. The van der Waals surface area contributed by atoms with Gasteiger partial charge in [-0.3, -0.25) is 4.99 Å². The summed E-state index contributed by atoms with van der Waals surface area (Å²) >= 11 is 0. The van der Waals surface area contributed by atoms with Gasteiger partial charge in [-0.1, -0.05) is 30.3 Å². The number of aliphatic hydroxyl groups is 1. The second-order valence-corrected chi connectivity index (χ2v) is 3.48. The molecule has 1 aromatic carbocycles. The highest BCUT2D eigenvalue weighted by Crippen LogP contribution is 2.01. The van der Waals surface area contributed by atoms with E-state index in [9.17, 15) is 0 Å². The standard InChI is InChI=1S/C12H17N3O/c1-9(16)15-12(13)11(14-2)8-10-6-4-3-5-7-10/h3-7,9,16H,8H2,1-2H3,(H2,13,15)/b14-11-. The van der Waals surface area contributed by atoms with Gasteiger partial charge in [0.15, 0.2) is 0 Å². The Morgan fingerprint density at radius 2 is 2.00 bits per heavy atom. The van der Waals surface area contributed by atoms with Crippen LogP contribution < -0.4 is 5.73 Å². The molecule has 0 saturated heterocycles. The summed E-state index contributed by atoms with van der Waals surface area (Å²) in [6.07, 6.45) is -0.174. The van der Waals surface area contributed by atoms with Crippen LogP contribution in [0, 0.1) is 0 Å². The number of amidine groups is 1. The van der Waals surface area contributed by atoms with E-state index >= 15 is 0 Å². The van der Waals surface area contributed by atoms with Crippen LogP contribution in [0.3, 0.4) is 0 Å². The normalized spacial score (nSPS) is 14.9. The van der Waals surface area contributed by atoms with Crippen molar-refractivity contribution >= 4 is 11.5 Å². The lowest BCUT2D eigenvalue weighted by atomic mass is 10.1. The van der Waals surface area contributed by atoms with Gasteiger partial charge in [0, 0.05) is 13.5 Å². The summed E-state index contributed by atoms with van der Waals surface area (Å²) in [6, 6.07) is 9.89. The first-order valence-electron chi connectivity index (χ1n) is 5.14. The third-order valence-corrected chi connectivity index (χ3v) is 2.11. The number of aliphatic hydroxyl groups excluding tert-OH is 1. The molecule has 0 spiro atoms. The van der Waals surface area contributed by atoms with Crippen molar-refractivity contribution in [2.75, 3.05) is 7.05 Å². The number of nitrogens with two attached hydrogens (primary N) is 1. The van der Waals surface area contributed by atoms with Gasteiger partial charge >= 0.3 is 0 Å². The number of hydrogen-bond acceptors (Lipinski definition) is 3. The van der Waals surface area contributed by atoms with Crippen molar-refractivity contribution in [1.82, 2.24) is 0 Å². The van der Waals surface area contributed by atoms with Crippen LogP contribution in [-0.2, 0) is 6.42 Å². The Hall–Kier alpha value is -1.68. The van der Waals surface area contributed by atoms with E-state index in [0.717, 1.165) is 5.56 Å². The SMILES string of the molecule is C/N=C(Cc1ccccc1)\C(N)=N/C(C)O. The van der Waals surface area contributed by atoms with Crippen LogP contribution in [0.25, 0.3) is 0 Å². The molecule has 0 aliphatic rings. The van der Waals surface area contributed by atoms with E-state index in [2.05, 4.69) is 9.98 Å². The molecule has 4 nitrogen and oxygen atoms in total. The average Bonchev–Trinajstić information content (AvgIpc) is 2.26. The maximum atomic E-state index is 9.11. The Bertz CT molecular complexity index is 383.